The molecule has 0 atom stereocenters. The first-order valence-corrected chi connectivity index (χ1v) is 10.8. The second-order valence-corrected chi connectivity index (χ2v) is 7.62. The number of carbonyl (C=O) groups is 3. The van der Waals surface area contributed by atoms with Gasteiger partial charge in [0.1, 0.15) is 0 Å². The molecule has 0 saturated heterocycles. The summed E-state index contributed by atoms with van der Waals surface area (Å²) in [5, 5.41) is 8.23. The average Bonchev–Trinajstić information content (AvgIpc) is 3.23. The number of hydrogen-bond donors (Lipinski definition) is 3. The Bertz CT molecular complexity index is 867. The summed E-state index contributed by atoms with van der Waals surface area (Å²) in [6.07, 6.45) is 5.13. The fourth-order valence-corrected chi connectivity index (χ4v) is 3.87. The number of amides is 4. The SMILES string of the molecule is CCOC(=O)c1csc(N(NC(=O)NC2CCCCC2)C(=O)Nc2ccccc2)n1. The molecule has 9 nitrogen and oxygen atoms in total. The molecule has 3 N–H and O–H groups in total. The Kier molecular flexibility index (Phi) is 7.61. The first-order chi connectivity index (χ1) is 14.6. The van der Waals surface area contributed by atoms with Gasteiger partial charge in [-0.1, -0.05) is 37.5 Å². The fraction of sp³-hybridized carbons (Fsp3) is 0.400. The van der Waals surface area contributed by atoms with E-state index in [-0.39, 0.29) is 23.5 Å². The van der Waals surface area contributed by atoms with Gasteiger partial charge in [0, 0.05) is 17.1 Å². The molecule has 1 aliphatic carbocycles. The van der Waals surface area contributed by atoms with Gasteiger partial charge in [-0.2, -0.15) is 5.01 Å². The van der Waals surface area contributed by atoms with Gasteiger partial charge in [0.15, 0.2) is 5.69 Å². The molecule has 1 aromatic heterocycles. The van der Waals surface area contributed by atoms with Gasteiger partial charge in [-0.25, -0.2) is 24.8 Å². The van der Waals surface area contributed by atoms with Gasteiger partial charge in [-0.05, 0) is 31.9 Å². The van der Waals surface area contributed by atoms with Crippen molar-refractivity contribution in [1.82, 2.24) is 15.7 Å². The zero-order valence-electron chi connectivity index (χ0n) is 16.7. The number of ether oxygens (including phenoxy) is 1. The minimum Gasteiger partial charge on any atom is -0.461 e. The minimum absolute atomic E-state index is 0.0730. The third-order valence-electron chi connectivity index (χ3n) is 4.55. The van der Waals surface area contributed by atoms with Crippen LogP contribution in [0.4, 0.5) is 20.4 Å². The highest BCUT2D eigenvalue weighted by Gasteiger charge is 2.25. The topological polar surface area (TPSA) is 113 Å². The van der Waals surface area contributed by atoms with Crippen molar-refractivity contribution in [3.63, 3.8) is 0 Å². The summed E-state index contributed by atoms with van der Waals surface area (Å²) in [5.74, 6) is -0.588. The Balaban J connectivity index is 1.74. The highest BCUT2D eigenvalue weighted by molar-refractivity contribution is 7.14. The Labute approximate surface area is 178 Å². The summed E-state index contributed by atoms with van der Waals surface area (Å²) in [6, 6.07) is 7.81. The summed E-state index contributed by atoms with van der Waals surface area (Å²) in [6.45, 7) is 1.91. The number of thiazole rings is 1. The van der Waals surface area contributed by atoms with E-state index in [4.69, 9.17) is 4.74 Å². The van der Waals surface area contributed by atoms with Crippen LogP contribution >= 0.6 is 11.3 Å². The molecule has 3 rings (SSSR count). The number of nitrogens with one attached hydrogen (secondary N) is 3. The van der Waals surface area contributed by atoms with Gasteiger partial charge in [0.25, 0.3) is 0 Å². The summed E-state index contributed by atoms with van der Waals surface area (Å²) in [7, 11) is 0. The van der Waals surface area contributed by atoms with Crippen molar-refractivity contribution >= 4 is 40.2 Å². The van der Waals surface area contributed by atoms with Gasteiger partial charge < -0.3 is 15.4 Å². The van der Waals surface area contributed by atoms with Crippen molar-refractivity contribution in [3.05, 3.63) is 41.4 Å². The normalized spacial score (nSPS) is 13.9. The van der Waals surface area contributed by atoms with Gasteiger partial charge >= 0.3 is 18.0 Å². The molecule has 0 bridgehead atoms. The number of para-hydroxylation sites is 1. The zero-order chi connectivity index (χ0) is 21.3. The standard InChI is InChI=1S/C20H25N5O4S/c1-2-29-17(26)16-13-30-20(23-16)25(19(28)22-15-11-7-4-8-12-15)24-18(27)21-14-9-5-3-6-10-14/h4,7-8,11-14H,2-3,5-6,9-10H2,1H3,(H,22,28)(H2,21,24,27). The van der Waals surface area contributed by atoms with E-state index in [1.165, 1.54) is 11.8 Å². The molecular weight excluding hydrogens is 406 g/mol. The number of rotatable bonds is 5. The Morgan fingerprint density at radius 2 is 1.90 bits per heavy atom. The molecule has 4 amide bonds. The van der Waals surface area contributed by atoms with Crippen LogP contribution in [0.25, 0.3) is 0 Å². The smallest absolute Gasteiger partial charge is 0.357 e. The fourth-order valence-electron chi connectivity index (χ4n) is 3.12. The van der Waals surface area contributed by atoms with Crippen LogP contribution in [0.3, 0.4) is 0 Å². The number of aromatic nitrogens is 1. The second kappa shape index (κ2) is 10.6. The third kappa shape index (κ3) is 5.93. The van der Waals surface area contributed by atoms with Crippen LogP contribution in [0.2, 0.25) is 0 Å². The molecule has 0 radical (unpaired) electrons. The quantitative estimate of drug-likeness (QED) is 0.491. The van der Waals surface area contributed by atoms with E-state index in [1.54, 1.807) is 31.2 Å². The maximum absolute atomic E-state index is 12.9. The lowest BCUT2D eigenvalue weighted by Gasteiger charge is -2.26. The lowest BCUT2D eigenvalue weighted by molar-refractivity contribution is 0.0520. The minimum atomic E-state index is -0.607. The predicted octanol–water partition coefficient (Wildman–Crippen LogP) is 3.91. The van der Waals surface area contributed by atoms with E-state index in [9.17, 15) is 14.4 Å². The second-order valence-electron chi connectivity index (χ2n) is 6.79. The summed E-state index contributed by atoms with van der Waals surface area (Å²) in [5.41, 5.74) is 3.18. The number of esters is 1. The summed E-state index contributed by atoms with van der Waals surface area (Å²) in [4.78, 5) is 41.5. The van der Waals surface area contributed by atoms with Crippen molar-refractivity contribution in [2.75, 3.05) is 16.9 Å². The van der Waals surface area contributed by atoms with E-state index in [0.717, 1.165) is 42.0 Å². The monoisotopic (exact) mass is 431 g/mol. The average molecular weight is 432 g/mol. The molecule has 0 unspecified atom stereocenters. The van der Waals surface area contributed by atoms with Crippen molar-refractivity contribution in [1.29, 1.82) is 0 Å². The Morgan fingerprint density at radius 1 is 1.17 bits per heavy atom. The maximum atomic E-state index is 12.9. The van der Waals surface area contributed by atoms with Crippen LogP contribution in [0, 0.1) is 0 Å². The molecule has 30 heavy (non-hydrogen) atoms. The van der Waals surface area contributed by atoms with Crippen molar-refractivity contribution in [2.45, 2.75) is 45.1 Å². The van der Waals surface area contributed by atoms with Gasteiger partial charge in [0.2, 0.25) is 5.13 Å². The first kappa shape index (κ1) is 21.6. The molecular formula is C20H25N5O4S. The number of hydrazine groups is 1. The van der Waals surface area contributed by atoms with E-state index in [2.05, 4.69) is 21.0 Å². The van der Waals surface area contributed by atoms with Crippen LogP contribution in [-0.2, 0) is 4.74 Å². The van der Waals surface area contributed by atoms with Crippen molar-refractivity contribution < 1.29 is 19.1 Å². The molecule has 10 heteroatoms. The van der Waals surface area contributed by atoms with Crippen LogP contribution < -0.4 is 21.1 Å². The Hall–Kier alpha value is -3.14. The molecule has 1 heterocycles. The lowest BCUT2D eigenvalue weighted by atomic mass is 9.96. The number of benzene rings is 1. The molecule has 160 valence electrons. The van der Waals surface area contributed by atoms with E-state index >= 15 is 0 Å². The highest BCUT2D eigenvalue weighted by atomic mass is 32.1. The molecule has 1 fully saturated rings. The zero-order valence-corrected chi connectivity index (χ0v) is 17.5. The van der Waals surface area contributed by atoms with Gasteiger partial charge in [-0.3, -0.25) is 0 Å². The van der Waals surface area contributed by atoms with Gasteiger partial charge in [-0.15, -0.1) is 11.3 Å². The van der Waals surface area contributed by atoms with E-state index in [1.807, 2.05) is 6.07 Å². The lowest BCUT2D eigenvalue weighted by Crippen LogP contribution is -2.54. The summed E-state index contributed by atoms with van der Waals surface area (Å²) >= 11 is 1.05. The van der Waals surface area contributed by atoms with Crippen molar-refractivity contribution in [3.8, 4) is 0 Å². The molecule has 1 aromatic carbocycles. The van der Waals surface area contributed by atoms with E-state index < -0.39 is 18.0 Å². The molecule has 1 aliphatic rings. The summed E-state index contributed by atoms with van der Waals surface area (Å²) < 4.78 is 4.95. The molecule has 1 saturated carbocycles. The molecule has 2 aromatic rings. The third-order valence-corrected chi connectivity index (χ3v) is 5.38. The molecule has 0 spiro atoms. The van der Waals surface area contributed by atoms with Crippen molar-refractivity contribution in [2.24, 2.45) is 0 Å². The van der Waals surface area contributed by atoms with Crippen LogP contribution in [-0.4, -0.2) is 35.7 Å². The number of hydrogen-bond acceptors (Lipinski definition) is 6. The first-order valence-electron chi connectivity index (χ1n) is 9.92. The van der Waals surface area contributed by atoms with Crippen LogP contribution in [0.15, 0.2) is 35.7 Å². The highest BCUT2D eigenvalue weighted by Crippen LogP contribution is 2.21. The van der Waals surface area contributed by atoms with E-state index in [0.29, 0.717) is 5.69 Å². The molecule has 0 aliphatic heterocycles. The Morgan fingerprint density at radius 3 is 2.60 bits per heavy atom. The number of anilines is 2. The largest absolute Gasteiger partial charge is 0.461 e. The van der Waals surface area contributed by atoms with Crippen LogP contribution in [0.1, 0.15) is 49.5 Å². The predicted molar refractivity (Wildman–Crippen MR) is 115 cm³/mol. The van der Waals surface area contributed by atoms with Gasteiger partial charge in [0.05, 0.1) is 6.61 Å². The number of urea groups is 2. The maximum Gasteiger partial charge on any atom is 0.357 e. The van der Waals surface area contributed by atoms with Crippen LogP contribution in [0.5, 0.6) is 0 Å². The number of nitrogens with zero attached hydrogens (tertiary/aromatic N) is 2. The number of carbonyl (C=O) groups excluding carboxylic acids is 3.